The lowest BCUT2D eigenvalue weighted by Crippen LogP contribution is -2.16. The molecule has 1 aromatic heterocycles. The number of anilines is 1. The number of alkyl halides is 3. The zero-order chi connectivity index (χ0) is 12.5. The van der Waals surface area contributed by atoms with Gasteiger partial charge in [0.05, 0.1) is 17.6 Å². The van der Waals surface area contributed by atoms with Gasteiger partial charge < -0.3 is 10.5 Å². The molecule has 0 amide bonds. The summed E-state index contributed by atoms with van der Waals surface area (Å²) in [6, 6.07) is 5.35. The maximum atomic E-state index is 11.9. The van der Waals surface area contributed by atoms with Gasteiger partial charge in [0.25, 0.3) is 0 Å². The highest BCUT2D eigenvalue weighted by Gasteiger charge is 2.30. The SMILES string of the molecule is Nc1cn[nH]c1-c1ccc(OC(F)(F)F)cc1. The number of aromatic amines is 1. The van der Waals surface area contributed by atoms with E-state index in [4.69, 9.17) is 5.73 Å². The molecular formula is C10H8F3N3O. The first-order valence-corrected chi connectivity index (χ1v) is 4.61. The van der Waals surface area contributed by atoms with Crippen molar-refractivity contribution in [2.45, 2.75) is 6.36 Å². The van der Waals surface area contributed by atoms with Crippen molar-refractivity contribution in [3.63, 3.8) is 0 Å². The standard InChI is InChI=1S/C10H8F3N3O/c11-10(12,13)17-7-3-1-6(2-4-7)9-8(14)5-15-16-9/h1-5H,14H2,(H,15,16). The van der Waals surface area contributed by atoms with Crippen molar-refractivity contribution in [3.8, 4) is 17.0 Å². The minimum atomic E-state index is -4.69. The van der Waals surface area contributed by atoms with Crippen LogP contribution in [0.15, 0.2) is 30.5 Å². The first kappa shape index (κ1) is 11.3. The Bertz CT molecular complexity index is 504. The van der Waals surface area contributed by atoms with E-state index >= 15 is 0 Å². The number of nitrogens with zero attached hydrogens (tertiary/aromatic N) is 1. The number of benzene rings is 1. The third-order valence-corrected chi connectivity index (χ3v) is 2.05. The van der Waals surface area contributed by atoms with Crippen molar-refractivity contribution in [1.29, 1.82) is 0 Å². The molecule has 2 aromatic rings. The van der Waals surface area contributed by atoms with Crippen LogP contribution in [0.4, 0.5) is 18.9 Å². The van der Waals surface area contributed by atoms with Crippen LogP contribution >= 0.6 is 0 Å². The number of hydrogen-bond donors (Lipinski definition) is 2. The van der Waals surface area contributed by atoms with Gasteiger partial charge in [-0.3, -0.25) is 5.10 Å². The largest absolute Gasteiger partial charge is 0.573 e. The minimum Gasteiger partial charge on any atom is -0.406 e. The number of H-pyrrole nitrogens is 1. The first-order chi connectivity index (χ1) is 7.96. The number of aromatic nitrogens is 2. The fourth-order valence-corrected chi connectivity index (χ4v) is 1.35. The summed E-state index contributed by atoms with van der Waals surface area (Å²) in [6.45, 7) is 0. The van der Waals surface area contributed by atoms with E-state index in [2.05, 4.69) is 14.9 Å². The monoisotopic (exact) mass is 243 g/mol. The van der Waals surface area contributed by atoms with Gasteiger partial charge in [0.1, 0.15) is 5.75 Å². The van der Waals surface area contributed by atoms with E-state index in [-0.39, 0.29) is 5.75 Å². The molecule has 1 aromatic carbocycles. The highest BCUT2D eigenvalue weighted by Crippen LogP contribution is 2.27. The van der Waals surface area contributed by atoms with Crippen LogP contribution in [-0.4, -0.2) is 16.6 Å². The molecule has 17 heavy (non-hydrogen) atoms. The molecule has 2 rings (SSSR count). The van der Waals surface area contributed by atoms with E-state index < -0.39 is 6.36 Å². The zero-order valence-electron chi connectivity index (χ0n) is 8.45. The maximum Gasteiger partial charge on any atom is 0.573 e. The second-order valence-corrected chi connectivity index (χ2v) is 3.27. The Hall–Kier alpha value is -2.18. The molecule has 1 heterocycles. The molecule has 0 spiro atoms. The Morgan fingerprint density at radius 1 is 1.18 bits per heavy atom. The number of halogens is 3. The van der Waals surface area contributed by atoms with Crippen LogP contribution in [0.2, 0.25) is 0 Å². The molecule has 90 valence electrons. The number of ether oxygens (including phenoxy) is 1. The van der Waals surface area contributed by atoms with E-state index in [1.165, 1.54) is 30.5 Å². The second-order valence-electron chi connectivity index (χ2n) is 3.27. The van der Waals surface area contributed by atoms with Gasteiger partial charge in [0.15, 0.2) is 0 Å². The van der Waals surface area contributed by atoms with Crippen molar-refractivity contribution in [2.24, 2.45) is 0 Å². The molecule has 4 nitrogen and oxygen atoms in total. The number of nitrogens with two attached hydrogens (primary N) is 1. The summed E-state index contributed by atoms with van der Waals surface area (Å²) in [6.07, 6.45) is -3.26. The van der Waals surface area contributed by atoms with E-state index in [1.807, 2.05) is 0 Å². The molecule has 0 bridgehead atoms. The molecule has 0 aliphatic rings. The van der Waals surface area contributed by atoms with E-state index in [1.54, 1.807) is 0 Å². The number of rotatable bonds is 2. The predicted molar refractivity (Wildman–Crippen MR) is 55.1 cm³/mol. The quantitative estimate of drug-likeness (QED) is 0.851. The third kappa shape index (κ3) is 2.68. The molecule has 0 fully saturated rings. The summed E-state index contributed by atoms with van der Waals surface area (Å²) in [5.41, 5.74) is 7.23. The van der Waals surface area contributed by atoms with Crippen molar-refractivity contribution in [3.05, 3.63) is 30.5 Å². The van der Waals surface area contributed by atoms with Crippen molar-refractivity contribution < 1.29 is 17.9 Å². The fraction of sp³-hybridized carbons (Fsp3) is 0.100. The van der Waals surface area contributed by atoms with Gasteiger partial charge in [-0.2, -0.15) is 5.10 Å². The normalized spacial score (nSPS) is 11.5. The molecule has 0 aliphatic carbocycles. The lowest BCUT2D eigenvalue weighted by molar-refractivity contribution is -0.274. The average Bonchev–Trinajstić information content (AvgIpc) is 2.63. The van der Waals surface area contributed by atoms with E-state index in [9.17, 15) is 13.2 Å². The summed E-state index contributed by atoms with van der Waals surface area (Å²) in [5.74, 6) is -0.278. The molecule has 0 unspecified atom stereocenters. The van der Waals surface area contributed by atoms with Crippen molar-refractivity contribution >= 4 is 5.69 Å². The van der Waals surface area contributed by atoms with Crippen molar-refractivity contribution in [2.75, 3.05) is 5.73 Å². The zero-order valence-corrected chi connectivity index (χ0v) is 8.45. The Labute approximate surface area is 94.2 Å². The molecule has 0 atom stereocenters. The topological polar surface area (TPSA) is 63.9 Å². The summed E-state index contributed by atoms with van der Waals surface area (Å²) in [7, 11) is 0. The van der Waals surface area contributed by atoms with Gasteiger partial charge in [0.2, 0.25) is 0 Å². The molecule has 0 saturated carbocycles. The summed E-state index contributed by atoms with van der Waals surface area (Å²) in [5, 5.41) is 6.37. The molecular weight excluding hydrogens is 235 g/mol. The van der Waals surface area contributed by atoms with Gasteiger partial charge in [-0.25, -0.2) is 0 Å². The first-order valence-electron chi connectivity index (χ1n) is 4.61. The van der Waals surface area contributed by atoms with E-state index in [0.29, 0.717) is 16.9 Å². The number of nitrogens with one attached hydrogen (secondary N) is 1. The smallest absolute Gasteiger partial charge is 0.406 e. The molecule has 0 radical (unpaired) electrons. The van der Waals surface area contributed by atoms with Gasteiger partial charge >= 0.3 is 6.36 Å². The Balaban J connectivity index is 2.22. The Morgan fingerprint density at radius 2 is 1.82 bits per heavy atom. The van der Waals surface area contributed by atoms with Crippen LogP contribution in [0, 0.1) is 0 Å². The van der Waals surface area contributed by atoms with Gasteiger partial charge in [-0.15, -0.1) is 13.2 Å². The van der Waals surface area contributed by atoms with Gasteiger partial charge in [0, 0.05) is 5.56 Å². The number of hydrogen-bond acceptors (Lipinski definition) is 3. The highest BCUT2D eigenvalue weighted by atomic mass is 19.4. The fourth-order valence-electron chi connectivity index (χ4n) is 1.35. The molecule has 3 N–H and O–H groups in total. The van der Waals surface area contributed by atoms with Gasteiger partial charge in [-0.05, 0) is 24.3 Å². The molecule has 7 heteroatoms. The van der Waals surface area contributed by atoms with Crippen LogP contribution in [0.5, 0.6) is 5.75 Å². The highest BCUT2D eigenvalue weighted by molar-refractivity contribution is 5.71. The summed E-state index contributed by atoms with van der Waals surface area (Å²) < 4.78 is 39.5. The van der Waals surface area contributed by atoms with Crippen LogP contribution < -0.4 is 10.5 Å². The van der Waals surface area contributed by atoms with Gasteiger partial charge in [-0.1, -0.05) is 0 Å². The lowest BCUT2D eigenvalue weighted by Gasteiger charge is -2.08. The number of nitrogen functional groups attached to an aromatic ring is 1. The third-order valence-electron chi connectivity index (χ3n) is 2.05. The van der Waals surface area contributed by atoms with Crippen LogP contribution in [0.3, 0.4) is 0 Å². The predicted octanol–water partition coefficient (Wildman–Crippen LogP) is 2.56. The Morgan fingerprint density at radius 3 is 2.29 bits per heavy atom. The average molecular weight is 243 g/mol. The van der Waals surface area contributed by atoms with Crippen LogP contribution in [0.25, 0.3) is 11.3 Å². The summed E-state index contributed by atoms with van der Waals surface area (Å²) >= 11 is 0. The maximum absolute atomic E-state index is 11.9. The molecule has 0 aliphatic heterocycles. The lowest BCUT2D eigenvalue weighted by atomic mass is 10.1. The molecule has 0 saturated heterocycles. The van der Waals surface area contributed by atoms with Crippen molar-refractivity contribution in [1.82, 2.24) is 10.2 Å². The minimum absolute atomic E-state index is 0.278. The van der Waals surface area contributed by atoms with Crippen LogP contribution in [-0.2, 0) is 0 Å². The summed E-state index contributed by atoms with van der Waals surface area (Å²) in [4.78, 5) is 0. The second kappa shape index (κ2) is 4.00. The van der Waals surface area contributed by atoms with Crippen LogP contribution in [0.1, 0.15) is 0 Å². The van der Waals surface area contributed by atoms with E-state index in [0.717, 1.165) is 0 Å². The Kier molecular flexibility index (Phi) is 2.66.